The van der Waals surface area contributed by atoms with Crippen LogP contribution in [0.2, 0.25) is 0 Å². The molecule has 1 fully saturated rings. The molecule has 1 saturated heterocycles. The number of pyridine rings is 1. The van der Waals surface area contributed by atoms with E-state index < -0.39 is 0 Å². The Labute approximate surface area is 149 Å². The van der Waals surface area contributed by atoms with Gasteiger partial charge < -0.3 is 9.64 Å². The number of aryl methyl sites for hydroxylation is 1. The van der Waals surface area contributed by atoms with E-state index in [0.717, 1.165) is 64.0 Å². The third-order valence-corrected chi connectivity index (χ3v) is 5.17. The minimum Gasteiger partial charge on any atom is -0.381 e. The molecule has 0 N–H and O–H groups in total. The van der Waals surface area contributed by atoms with Crippen LogP contribution in [0.5, 0.6) is 0 Å². The fourth-order valence-corrected chi connectivity index (χ4v) is 3.78. The lowest BCUT2D eigenvalue weighted by molar-refractivity contribution is 0.166. The van der Waals surface area contributed by atoms with Crippen molar-refractivity contribution < 1.29 is 4.74 Å². The lowest BCUT2D eigenvalue weighted by Gasteiger charge is -2.25. The molecule has 0 amide bonds. The van der Waals surface area contributed by atoms with Crippen LogP contribution in [0.15, 0.2) is 30.6 Å². The lowest BCUT2D eigenvalue weighted by atomic mass is 10.1. The summed E-state index contributed by atoms with van der Waals surface area (Å²) in [5.74, 6) is 1.83. The third-order valence-electron chi connectivity index (χ3n) is 5.17. The van der Waals surface area contributed by atoms with Crippen molar-refractivity contribution >= 4 is 5.82 Å². The second kappa shape index (κ2) is 7.54. The van der Waals surface area contributed by atoms with Crippen molar-refractivity contribution in [1.29, 1.82) is 0 Å². The van der Waals surface area contributed by atoms with Crippen LogP contribution in [0.25, 0.3) is 0 Å². The highest BCUT2D eigenvalue weighted by atomic mass is 16.5. The van der Waals surface area contributed by atoms with Gasteiger partial charge in [-0.2, -0.15) is 5.10 Å². The Morgan fingerprint density at radius 3 is 3.00 bits per heavy atom. The number of fused-ring (bicyclic) bond motifs is 1. The van der Waals surface area contributed by atoms with E-state index in [-0.39, 0.29) is 0 Å². The van der Waals surface area contributed by atoms with E-state index in [2.05, 4.69) is 34.0 Å². The van der Waals surface area contributed by atoms with Gasteiger partial charge in [-0.05, 0) is 31.4 Å². The van der Waals surface area contributed by atoms with E-state index in [1.807, 2.05) is 23.1 Å². The summed E-state index contributed by atoms with van der Waals surface area (Å²) >= 11 is 0. The number of anilines is 1. The Morgan fingerprint density at radius 2 is 2.20 bits per heavy atom. The van der Waals surface area contributed by atoms with Gasteiger partial charge in [0.05, 0.1) is 13.2 Å². The van der Waals surface area contributed by atoms with Crippen LogP contribution >= 0.6 is 0 Å². The van der Waals surface area contributed by atoms with Gasteiger partial charge in [-0.15, -0.1) is 0 Å². The molecule has 2 aliphatic rings. The van der Waals surface area contributed by atoms with Crippen molar-refractivity contribution in [2.45, 2.75) is 26.4 Å². The normalized spacial score (nSPS) is 21.3. The van der Waals surface area contributed by atoms with Gasteiger partial charge in [-0.25, -0.2) is 4.98 Å². The van der Waals surface area contributed by atoms with Crippen molar-refractivity contribution in [3.8, 4) is 0 Å². The van der Waals surface area contributed by atoms with E-state index in [1.54, 1.807) is 0 Å². The molecule has 6 heteroatoms. The van der Waals surface area contributed by atoms with Crippen LogP contribution in [-0.2, 0) is 17.8 Å². The second-order valence-electron chi connectivity index (χ2n) is 7.16. The van der Waals surface area contributed by atoms with Crippen molar-refractivity contribution in [2.24, 2.45) is 5.92 Å². The van der Waals surface area contributed by atoms with E-state index in [9.17, 15) is 0 Å². The number of aromatic nitrogens is 3. The maximum atomic E-state index is 5.56. The molecule has 4 heterocycles. The van der Waals surface area contributed by atoms with Crippen LogP contribution in [-0.4, -0.2) is 59.1 Å². The first-order chi connectivity index (χ1) is 12.3. The first-order valence-corrected chi connectivity index (χ1v) is 9.27. The summed E-state index contributed by atoms with van der Waals surface area (Å²) in [6.07, 6.45) is 5.05. The molecule has 0 bridgehead atoms. The van der Waals surface area contributed by atoms with Gasteiger partial charge in [0, 0.05) is 63.0 Å². The molecule has 4 rings (SSSR count). The summed E-state index contributed by atoms with van der Waals surface area (Å²) in [7, 11) is 0. The smallest absolute Gasteiger partial charge is 0.133 e. The third kappa shape index (κ3) is 4.02. The van der Waals surface area contributed by atoms with Crippen LogP contribution in [0, 0.1) is 12.8 Å². The highest BCUT2D eigenvalue weighted by molar-refractivity contribution is 5.48. The van der Waals surface area contributed by atoms with E-state index in [1.165, 1.54) is 12.0 Å². The zero-order valence-corrected chi connectivity index (χ0v) is 15.0. The molecule has 0 aliphatic carbocycles. The molecule has 2 aliphatic heterocycles. The minimum absolute atomic E-state index is 0.678. The van der Waals surface area contributed by atoms with Crippen molar-refractivity contribution in [3.05, 3.63) is 41.9 Å². The molecule has 0 radical (unpaired) electrons. The zero-order valence-electron chi connectivity index (χ0n) is 15.0. The monoisotopic (exact) mass is 341 g/mol. The van der Waals surface area contributed by atoms with Gasteiger partial charge in [-0.1, -0.05) is 6.07 Å². The molecule has 2 aromatic rings. The molecular weight excluding hydrogens is 314 g/mol. The molecule has 0 spiro atoms. The van der Waals surface area contributed by atoms with Crippen molar-refractivity contribution in [3.63, 3.8) is 0 Å². The number of hydrogen-bond acceptors (Lipinski definition) is 5. The van der Waals surface area contributed by atoms with Gasteiger partial charge in [0.15, 0.2) is 0 Å². The zero-order chi connectivity index (χ0) is 17.1. The highest BCUT2D eigenvalue weighted by Crippen LogP contribution is 2.25. The van der Waals surface area contributed by atoms with Gasteiger partial charge in [-0.3, -0.25) is 9.58 Å². The Balaban J connectivity index is 1.49. The molecule has 1 atom stereocenters. The number of nitrogens with zero attached hydrogens (tertiary/aromatic N) is 5. The minimum atomic E-state index is 0.678. The van der Waals surface area contributed by atoms with Crippen molar-refractivity contribution in [2.75, 3.05) is 44.3 Å². The molecule has 25 heavy (non-hydrogen) atoms. The Morgan fingerprint density at radius 1 is 1.24 bits per heavy atom. The molecule has 2 aromatic heterocycles. The molecule has 0 saturated carbocycles. The summed E-state index contributed by atoms with van der Waals surface area (Å²) in [5.41, 5.74) is 2.42. The molecule has 0 aromatic carbocycles. The molecule has 134 valence electrons. The number of hydrogen-bond donors (Lipinski definition) is 0. The topological polar surface area (TPSA) is 46.4 Å². The molecule has 6 nitrogen and oxygen atoms in total. The summed E-state index contributed by atoms with van der Waals surface area (Å²) < 4.78 is 7.55. The van der Waals surface area contributed by atoms with Crippen LogP contribution in [0.4, 0.5) is 5.82 Å². The van der Waals surface area contributed by atoms with Gasteiger partial charge in [0.25, 0.3) is 0 Å². The van der Waals surface area contributed by atoms with E-state index >= 15 is 0 Å². The quantitative estimate of drug-likeness (QED) is 0.832. The first kappa shape index (κ1) is 16.5. The van der Waals surface area contributed by atoms with Gasteiger partial charge in [0.1, 0.15) is 5.82 Å². The van der Waals surface area contributed by atoms with Gasteiger partial charge in [0.2, 0.25) is 0 Å². The predicted octanol–water partition coefficient (Wildman–Crippen LogP) is 1.95. The lowest BCUT2D eigenvalue weighted by Crippen LogP contribution is -2.36. The first-order valence-electron chi connectivity index (χ1n) is 9.27. The van der Waals surface area contributed by atoms with E-state index in [4.69, 9.17) is 9.72 Å². The average Bonchev–Trinajstić information content (AvgIpc) is 3.27. The van der Waals surface area contributed by atoms with Crippen LogP contribution in [0.1, 0.15) is 17.7 Å². The standard InChI is InChI=1S/C19H27N5O/c1-16-3-4-18-14-22(13-17-5-12-25-15-17)8-9-23(19(18)21-16)10-11-24-7-2-6-20-24/h2-4,6-7,17H,5,8-15H2,1H3. The second-order valence-corrected chi connectivity index (χ2v) is 7.16. The van der Waals surface area contributed by atoms with Crippen LogP contribution < -0.4 is 4.90 Å². The number of ether oxygens (including phenoxy) is 1. The van der Waals surface area contributed by atoms with Gasteiger partial charge >= 0.3 is 0 Å². The highest BCUT2D eigenvalue weighted by Gasteiger charge is 2.24. The Kier molecular flexibility index (Phi) is 4.99. The SMILES string of the molecule is Cc1ccc2c(n1)N(CCn1cccn1)CCN(CC1CCOC1)C2. The number of rotatable bonds is 5. The average molecular weight is 341 g/mol. The Hall–Kier alpha value is -1.92. The largest absolute Gasteiger partial charge is 0.381 e. The summed E-state index contributed by atoms with van der Waals surface area (Å²) in [5, 5.41) is 4.33. The predicted molar refractivity (Wildman–Crippen MR) is 97.6 cm³/mol. The molecular formula is C19H27N5O. The Bertz CT molecular complexity index is 681. The fraction of sp³-hybridized carbons (Fsp3) is 0.579. The maximum Gasteiger partial charge on any atom is 0.133 e. The summed E-state index contributed by atoms with van der Waals surface area (Å²) in [6.45, 7) is 9.93. The van der Waals surface area contributed by atoms with Crippen molar-refractivity contribution in [1.82, 2.24) is 19.7 Å². The maximum absolute atomic E-state index is 5.56. The van der Waals surface area contributed by atoms with Crippen LogP contribution in [0.3, 0.4) is 0 Å². The summed E-state index contributed by atoms with van der Waals surface area (Å²) in [6, 6.07) is 6.36. The summed E-state index contributed by atoms with van der Waals surface area (Å²) in [4.78, 5) is 9.86. The fourth-order valence-electron chi connectivity index (χ4n) is 3.78. The van der Waals surface area contributed by atoms with E-state index in [0.29, 0.717) is 5.92 Å². The molecule has 1 unspecified atom stereocenters.